The summed E-state index contributed by atoms with van der Waals surface area (Å²) < 4.78 is 5.22. The van der Waals surface area contributed by atoms with Gasteiger partial charge in [-0.05, 0) is 54.8 Å². The average molecular weight is 412 g/mol. The molecule has 0 unspecified atom stereocenters. The summed E-state index contributed by atoms with van der Waals surface area (Å²) in [7, 11) is 0. The number of hydrogen-bond acceptors (Lipinski definition) is 8. The maximum absolute atomic E-state index is 11.7. The van der Waals surface area contributed by atoms with Gasteiger partial charge >= 0.3 is 0 Å². The van der Waals surface area contributed by atoms with Gasteiger partial charge in [-0.3, -0.25) is 20.3 Å². The van der Waals surface area contributed by atoms with Gasteiger partial charge in [-0.25, -0.2) is 9.97 Å². The number of anilines is 1. The van der Waals surface area contributed by atoms with Crippen molar-refractivity contribution in [3.8, 4) is 0 Å². The summed E-state index contributed by atoms with van der Waals surface area (Å²) in [5, 5.41) is 13.0. The van der Waals surface area contributed by atoms with Crippen LogP contribution in [-0.4, -0.2) is 46.6 Å². The van der Waals surface area contributed by atoms with E-state index in [0.717, 1.165) is 44.2 Å². The third-order valence-electron chi connectivity index (χ3n) is 4.82. The number of rotatable bonds is 5. The summed E-state index contributed by atoms with van der Waals surface area (Å²) in [5.74, 6) is 1.51. The van der Waals surface area contributed by atoms with E-state index in [4.69, 9.17) is 9.83 Å². The van der Waals surface area contributed by atoms with Crippen molar-refractivity contribution in [2.45, 2.75) is 12.8 Å². The largest absolute Gasteiger partial charge is 0.461 e. The second kappa shape index (κ2) is 8.48. The van der Waals surface area contributed by atoms with Crippen LogP contribution in [0.1, 0.15) is 24.3 Å². The molecule has 0 radical (unpaired) electrons. The van der Waals surface area contributed by atoms with Crippen LogP contribution < -0.4 is 15.5 Å². The van der Waals surface area contributed by atoms with Crippen LogP contribution in [0.15, 0.2) is 40.0 Å². The number of imide groups is 1. The standard InChI is InChI=1S/C19H20N6O3S/c20-16(14-2-1-9-28-14)22-11-12-4-7-25(8-5-12)18-21-6-3-13(23-18)10-15-17(26)24-19(27)29-15/h1-3,6,9-10,12H,4-5,7-8,11H2,(H2,20,22)(H,24,26,27)/b15-10+. The topological polar surface area (TPSA) is 124 Å². The van der Waals surface area contributed by atoms with E-state index in [1.54, 1.807) is 36.7 Å². The Labute approximate surface area is 171 Å². The molecule has 2 amide bonds. The molecule has 2 aromatic rings. The molecule has 2 fully saturated rings. The second-order valence-corrected chi connectivity index (χ2v) is 7.81. The zero-order valence-corrected chi connectivity index (χ0v) is 16.4. The second-order valence-electron chi connectivity index (χ2n) is 6.80. The molecule has 2 aliphatic heterocycles. The maximum Gasteiger partial charge on any atom is 0.290 e. The Morgan fingerprint density at radius 2 is 2.21 bits per heavy atom. The number of nitrogens with zero attached hydrogens (tertiary/aromatic N) is 3. The predicted octanol–water partition coefficient (Wildman–Crippen LogP) is 2.23. The highest BCUT2D eigenvalue weighted by atomic mass is 32.2. The van der Waals surface area contributed by atoms with Gasteiger partial charge in [0.15, 0.2) is 11.6 Å². The van der Waals surface area contributed by atoms with E-state index in [9.17, 15) is 9.59 Å². The van der Waals surface area contributed by atoms with Gasteiger partial charge in [0.05, 0.1) is 16.9 Å². The molecule has 0 atom stereocenters. The van der Waals surface area contributed by atoms with Gasteiger partial charge in [0.2, 0.25) is 5.95 Å². The number of nitrogens with one attached hydrogen (secondary N) is 3. The van der Waals surface area contributed by atoms with Gasteiger partial charge in [-0.2, -0.15) is 0 Å². The monoisotopic (exact) mass is 412 g/mol. The minimum atomic E-state index is -0.395. The smallest absolute Gasteiger partial charge is 0.290 e. The summed E-state index contributed by atoms with van der Waals surface area (Å²) in [6.45, 7) is 2.35. The van der Waals surface area contributed by atoms with Crippen LogP contribution in [0.4, 0.5) is 10.7 Å². The summed E-state index contributed by atoms with van der Waals surface area (Å²) in [5.41, 5.74) is 0.595. The van der Waals surface area contributed by atoms with Gasteiger partial charge < -0.3 is 14.6 Å². The molecule has 2 aromatic heterocycles. The first-order valence-electron chi connectivity index (χ1n) is 9.27. The van der Waals surface area contributed by atoms with Gasteiger partial charge in [0.1, 0.15) is 0 Å². The zero-order valence-electron chi connectivity index (χ0n) is 15.6. The third kappa shape index (κ3) is 4.65. The maximum atomic E-state index is 11.7. The molecule has 0 spiro atoms. The number of furan rings is 1. The van der Waals surface area contributed by atoms with Crippen LogP contribution in [0.25, 0.3) is 6.08 Å². The highest BCUT2D eigenvalue weighted by Gasteiger charge is 2.26. The summed E-state index contributed by atoms with van der Waals surface area (Å²) in [4.78, 5) is 34.3. The van der Waals surface area contributed by atoms with Crippen LogP contribution in [0.2, 0.25) is 0 Å². The number of aromatic nitrogens is 2. The lowest BCUT2D eigenvalue weighted by Gasteiger charge is -2.32. The van der Waals surface area contributed by atoms with Gasteiger partial charge in [-0.15, -0.1) is 0 Å². The lowest BCUT2D eigenvalue weighted by Crippen LogP contribution is -2.39. The van der Waals surface area contributed by atoms with Crippen molar-refractivity contribution in [1.82, 2.24) is 20.6 Å². The van der Waals surface area contributed by atoms with E-state index in [1.807, 2.05) is 0 Å². The predicted molar refractivity (Wildman–Crippen MR) is 110 cm³/mol. The molecule has 2 aliphatic rings. The molecule has 2 saturated heterocycles. The van der Waals surface area contributed by atoms with Crippen molar-refractivity contribution in [3.63, 3.8) is 0 Å². The molecule has 29 heavy (non-hydrogen) atoms. The molecule has 10 heteroatoms. The number of thioether (sulfide) groups is 1. The van der Waals surface area contributed by atoms with Crippen LogP contribution in [0, 0.1) is 11.3 Å². The van der Waals surface area contributed by atoms with Crippen molar-refractivity contribution in [3.05, 3.63) is 47.0 Å². The molecule has 4 heterocycles. The van der Waals surface area contributed by atoms with E-state index in [2.05, 4.69) is 25.5 Å². The molecule has 0 aromatic carbocycles. The first-order chi connectivity index (χ1) is 14.1. The molecular weight excluding hydrogens is 392 g/mol. The lowest BCUT2D eigenvalue weighted by molar-refractivity contribution is -0.115. The minimum Gasteiger partial charge on any atom is -0.461 e. The van der Waals surface area contributed by atoms with Crippen molar-refractivity contribution < 1.29 is 14.0 Å². The fourth-order valence-electron chi connectivity index (χ4n) is 3.24. The van der Waals surface area contributed by atoms with E-state index in [1.165, 1.54) is 0 Å². The average Bonchev–Trinajstić information content (AvgIpc) is 3.37. The Bertz CT molecular complexity index is 951. The van der Waals surface area contributed by atoms with Crippen LogP contribution in [0.5, 0.6) is 0 Å². The highest BCUT2D eigenvalue weighted by molar-refractivity contribution is 8.18. The zero-order chi connectivity index (χ0) is 20.2. The van der Waals surface area contributed by atoms with Crippen LogP contribution in [-0.2, 0) is 4.79 Å². The molecule has 150 valence electrons. The summed E-state index contributed by atoms with van der Waals surface area (Å²) >= 11 is 0.873. The molecule has 0 saturated carbocycles. The summed E-state index contributed by atoms with van der Waals surface area (Å²) in [6.07, 6.45) is 6.74. The Balaban J connectivity index is 1.32. The molecular formula is C19H20N6O3S. The van der Waals surface area contributed by atoms with E-state index < -0.39 is 5.91 Å². The Hall–Kier alpha value is -3.14. The first-order valence-corrected chi connectivity index (χ1v) is 10.1. The SMILES string of the molecule is N=C(NCC1CCN(c2nccc(/C=C3/SC(=O)NC3=O)n2)CC1)c1ccco1. The number of amides is 2. The van der Waals surface area contributed by atoms with E-state index in [-0.39, 0.29) is 5.24 Å². The minimum absolute atomic E-state index is 0.300. The number of piperidine rings is 1. The quantitative estimate of drug-likeness (QED) is 0.388. The Morgan fingerprint density at radius 3 is 2.90 bits per heavy atom. The van der Waals surface area contributed by atoms with Gasteiger partial charge in [-0.1, -0.05) is 0 Å². The number of hydrogen-bond donors (Lipinski definition) is 3. The van der Waals surface area contributed by atoms with Crippen LogP contribution >= 0.6 is 11.8 Å². The number of amidine groups is 1. The Kier molecular flexibility index (Phi) is 5.61. The van der Waals surface area contributed by atoms with Crippen molar-refractivity contribution in [2.24, 2.45) is 5.92 Å². The molecule has 9 nitrogen and oxygen atoms in total. The lowest BCUT2D eigenvalue weighted by atomic mass is 9.97. The fourth-order valence-corrected chi connectivity index (χ4v) is 3.91. The number of carbonyl (C=O) groups is 2. The highest BCUT2D eigenvalue weighted by Crippen LogP contribution is 2.26. The molecule has 3 N–H and O–H groups in total. The van der Waals surface area contributed by atoms with Crippen molar-refractivity contribution in [2.75, 3.05) is 24.5 Å². The van der Waals surface area contributed by atoms with Gasteiger partial charge in [0, 0.05) is 25.8 Å². The van der Waals surface area contributed by atoms with Crippen LogP contribution in [0.3, 0.4) is 0 Å². The van der Waals surface area contributed by atoms with Crippen molar-refractivity contribution >= 4 is 40.8 Å². The van der Waals surface area contributed by atoms with E-state index >= 15 is 0 Å². The third-order valence-corrected chi connectivity index (χ3v) is 5.63. The number of carbonyl (C=O) groups excluding carboxylic acids is 2. The van der Waals surface area contributed by atoms with Crippen molar-refractivity contribution in [1.29, 1.82) is 5.41 Å². The first kappa shape index (κ1) is 19.2. The Morgan fingerprint density at radius 1 is 1.38 bits per heavy atom. The fraction of sp³-hybridized carbons (Fsp3) is 0.316. The van der Waals surface area contributed by atoms with Gasteiger partial charge in [0.25, 0.3) is 11.1 Å². The normalized spacial score (nSPS) is 18.9. The van der Waals surface area contributed by atoms with E-state index in [0.29, 0.717) is 34.1 Å². The molecule has 0 bridgehead atoms. The summed E-state index contributed by atoms with van der Waals surface area (Å²) in [6, 6.07) is 5.25. The molecule has 4 rings (SSSR count). The molecule has 0 aliphatic carbocycles.